The molecule has 1 aliphatic carbocycles. The van der Waals surface area contributed by atoms with Crippen molar-refractivity contribution in [3.05, 3.63) is 70.1 Å². The van der Waals surface area contributed by atoms with Gasteiger partial charge in [0.1, 0.15) is 0 Å². The van der Waals surface area contributed by atoms with Crippen LogP contribution in [0.25, 0.3) is 0 Å². The first-order chi connectivity index (χ1) is 7.38. The molecule has 0 spiro atoms. The SMILES string of the molecule is C[C]1[C](C)[C](C)[C](C)[C]1C.[CH2][CH][CH2].[CH2][CH][CH2].[Ti+3]. The quantitative estimate of drug-likeness (QED) is 0.557. The van der Waals surface area contributed by atoms with E-state index in [4.69, 9.17) is 0 Å². The Morgan fingerprint density at radius 2 is 0.588 bits per heavy atom. The Bertz CT molecular complexity index is 97.6. The van der Waals surface area contributed by atoms with Crippen molar-refractivity contribution in [1.82, 2.24) is 0 Å². The van der Waals surface area contributed by atoms with Crippen molar-refractivity contribution in [2.75, 3.05) is 0 Å². The molecule has 0 aromatic carbocycles. The van der Waals surface area contributed by atoms with Gasteiger partial charge in [0.25, 0.3) is 0 Å². The molecule has 0 aromatic rings. The van der Waals surface area contributed by atoms with Gasteiger partial charge in [0.2, 0.25) is 0 Å². The van der Waals surface area contributed by atoms with Crippen LogP contribution >= 0.6 is 0 Å². The third-order valence-corrected chi connectivity index (χ3v) is 2.81. The van der Waals surface area contributed by atoms with Crippen LogP contribution in [0.2, 0.25) is 0 Å². The van der Waals surface area contributed by atoms with Gasteiger partial charge in [-0.1, -0.05) is 34.6 Å². The molecule has 1 fully saturated rings. The Balaban J connectivity index is -0.000000240. The Hall–Kier alpha value is 0.714. The van der Waals surface area contributed by atoms with Crippen molar-refractivity contribution in [3.8, 4) is 0 Å². The molecule has 1 aliphatic rings. The van der Waals surface area contributed by atoms with Crippen molar-refractivity contribution < 1.29 is 21.7 Å². The maximum atomic E-state index is 3.25. The van der Waals surface area contributed by atoms with Crippen LogP contribution in [0.1, 0.15) is 34.6 Å². The number of hydrogen-bond donors (Lipinski definition) is 0. The van der Waals surface area contributed by atoms with Crippen LogP contribution in [0.3, 0.4) is 0 Å². The molecule has 12 radical (unpaired) electrons. The van der Waals surface area contributed by atoms with Crippen LogP contribution in [0.15, 0.2) is 0 Å². The molecule has 0 atom stereocenters. The Kier molecular flexibility index (Phi) is 17.7. The van der Waals surface area contributed by atoms with Gasteiger partial charge in [-0.2, -0.15) is 0 Å². The molecule has 0 N–H and O–H groups in total. The molecule has 90 valence electrons. The second kappa shape index (κ2) is 13.2. The summed E-state index contributed by atoms with van der Waals surface area (Å²) in [6.07, 6.45) is 3.00. The molecule has 1 saturated carbocycles. The standard InChI is InChI=1S/C10H15.2C3H5.Ti/c1-6-7(2)9(4)10(5)8(6)3;2*1-3-2;/h1-5H3;2*3H,1-2H2;/q;;;+3. The minimum absolute atomic E-state index is 0. The molecule has 0 nitrogen and oxygen atoms in total. The van der Waals surface area contributed by atoms with Crippen molar-refractivity contribution in [2.45, 2.75) is 34.6 Å². The summed E-state index contributed by atoms with van der Waals surface area (Å²) >= 11 is 0. The van der Waals surface area contributed by atoms with E-state index in [9.17, 15) is 0 Å². The van der Waals surface area contributed by atoms with Gasteiger partial charge in [-0.3, -0.25) is 0 Å². The summed E-state index contributed by atoms with van der Waals surface area (Å²) in [5.41, 5.74) is 0. The first-order valence-electron chi connectivity index (χ1n) is 5.38. The molecule has 0 saturated heterocycles. The van der Waals surface area contributed by atoms with Crippen LogP contribution in [-0.4, -0.2) is 0 Å². The third kappa shape index (κ3) is 8.43. The number of rotatable bonds is 0. The predicted octanol–water partition coefficient (Wildman–Crippen LogP) is 4.69. The zero-order chi connectivity index (χ0) is 13.3. The first kappa shape index (κ1) is 22.9. The summed E-state index contributed by atoms with van der Waals surface area (Å²) in [6, 6.07) is 0. The smallest absolute Gasteiger partial charge is 0.0579 e. The van der Waals surface area contributed by atoms with E-state index in [1.54, 1.807) is 0 Å². The normalized spacial score (nSPS) is 18.9. The average Bonchev–Trinajstić information content (AvgIpc) is 2.39. The van der Waals surface area contributed by atoms with E-state index < -0.39 is 0 Å². The third-order valence-electron chi connectivity index (χ3n) is 2.81. The van der Waals surface area contributed by atoms with Crippen molar-refractivity contribution in [3.63, 3.8) is 0 Å². The summed E-state index contributed by atoms with van der Waals surface area (Å²) in [5.74, 6) is 7.34. The van der Waals surface area contributed by atoms with Gasteiger partial charge in [0.05, 0.1) is 0 Å². The van der Waals surface area contributed by atoms with E-state index in [0.29, 0.717) is 0 Å². The Labute approximate surface area is 126 Å². The van der Waals surface area contributed by atoms with E-state index >= 15 is 0 Å². The Morgan fingerprint density at radius 3 is 0.647 bits per heavy atom. The molecule has 0 unspecified atom stereocenters. The van der Waals surface area contributed by atoms with Crippen LogP contribution < -0.4 is 0 Å². The molecule has 0 aliphatic heterocycles. The fourth-order valence-corrected chi connectivity index (χ4v) is 1.41. The minimum Gasteiger partial charge on any atom is -0.0579 e. The van der Waals surface area contributed by atoms with Crippen molar-refractivity contribution in [1.29, 1.82) is 0 Å². The van der Waals surface area contributed by atoms with E-state index in [2.05, 4.69) is 62.3 Å². The zero-order valence-electron chi connectivity index (χ0n) is 12.0. The molecule has 0 aromatic heterocycles. The van der Waals surface area contributed by atoms with Gasteiger partial charge in [0.15, 0.2) is 0 Å². The molecule has 17 heavy (non-hydrogen) atoms. The summed E-state index contributed by atoms with van der Waals surface area (Å²) in [4.78, 5) is 0. The Morgan fingerprint density at radius 1 is 0.529 bits per heavy atom. The van der Waals surface area contributed by atoms with Gasteiger partial charge in [-0.25, -0.2) is 0 Å². The fraction of sp³-hybridized carbons (Fsp3) is 0.312. The van der Waals surface area contributed by atoms with E-state index in [1.807, 2.05) is 0 Å². The summed E-state index contributed by atoms with van der Waals surface area (Å²) in [6.45, 7) is 24.0. The van der Waals surface area contributed by atoms with Crippen LogP contribution in [0, 0.1) is 70.1 Å². The van der Waals surface area contributed by atoms with Gasteiger partial charge in [-0.05, 0) is 70.1 Å². The maximum Gasteiger partial charge on any atom is 3.00 e. The average molecular weight is 265 g/mol. The minimum atomic E-state index is 0. The van der Waals surface area contributed by atoms with Gasteiger partial charge < -0.3 is 0 Å². The monoisotopic (exact) mass is 265 g/mol. The largest absolute Gasteiger partial charge is 3.00 e. The molecular weight excluding hydrogens is 240 g/mol. The molecule has 0 heterocycles. The predicted molar refractivity (Wildman–Crippen MR) is 74.6 cm³/mol. The topological polar surface area (TPSA) is 0 Å². The van der Waals surface area contributed by atoms with E-state index in [1.165, 1.54) is 42.4 Å². The molecule has 1 rings (SSSR count). The molecular formula is C16H25Ti+3. The fourth-order valence-electron chi connectivity index (χ4n) is 1.41. The van der Waals surface area contributed by atoms with Crippen molar-refractivity contribution in [2.24, 2.45) is 0 Å². The zero-order valence-corrected chi connectivity index (χ0v) is 13.5. The second-order valence-corrected chi connectivity index (χ2v) is 3.70. The maximum absolute atomic E-state index is 3.25. The van der Waals surface area contributed by atoms with Gasteiger partial charge in [0, 0.05) is 0 Å². The van der Waals surface area contributed by atoms with Crippen LogP contribution in [0.4, 0.5) is 0 Å². The summed E-state index contributed by atoms with van der Waals surface area (Å²) in [5, 5.41) is 0. The molecule has 0 amide bonds. The first-order valence-corrected chi connectivity index (χ1v) is 5.38. The van der Waals surface area contributed by atoms with Crippen molar-refractivity contribution >= 4 is 0 Å². The second-order valence-electron chi connectivity index (χ2n) is 3.70. The summed E-state index contributed by atoms with van der Waals surface area (Å²) in [7, 11) is 0. The van der Waals surface area contributed by atoms with Crippen LogP contribution in [-0.2, 0) is 21.7 Å². The van der Waals surface area contributed by atoms with E-state index in [-0.39, 0.29) is 21.7 Å². The van der Waals surface area contributed by atoms with Gasteiger partial charge in [-0.15, -0.1) is 0 Å². The van der Waals surface area contributed by atoms with Gasteiger partial charge >= 0.3 is 21.7 Å². The van der Waals surface area contributed by atoms with Crippen LogP contribution in [0.5, 0.6) is 0 Å². The molecule has 1 heteroatoms. The molecule has 0 bridgehead atoms. The summed E-state index contributed by atoms with van der Waals surface area (Å²) < 4.78 is 0. The number of hydrogen-bond acceptors (Lipinski definition) is 0. The van der Waals surface area contributed by atoms with E-state index in [0.717, 1.165) is 0 Å².